The standard InChI is InChI=1S/C32H42/c1-13-25-14-19(4)21(6)28-22(7)29-24(9)32(12)23(8)27(18(2)3)20(5)15-31(32,11)17-30(29,10)16-26(25)28/h14H,2,7-8,13,15-17H2,1,3-6,9-12H3/t30-,31+,32-/m1/s1. The lowest BCUT2D eigenvalue weighted by molar-refractivity contribution is 0.0543. The molecule has 0 unspecified atom stereocenters. The summed E-state index contributed by atoms with van der Waals surface area (Å²) in [4.78, 5) is 0. The number of aryl methyl sites for hydroxylation is 2. The van der Waals surface area contributed by atoms with Gasteiger partial charge in [-0.15, -0.1) is 0 Å². The monoisotopic (exact) mass is 426 g/mol. The summed E-state index contributed by atoms with van der Waals surface area (Å²) in [5.74, 6) is 0. The van der Waals surface area contributed by atoms with E-state index in [9.17, 15) is 0 Å². The van der Waals surface area contributed by atoms with Crippen molar-refractivity contribution in [1.82, 2.24) is 0 Å². The van der Waals surface area contributed by atoms with Gasteiger partial charge in [0.25, 0.3) is 0 Å². The molecule has 0 nitrogen and oxygen atoms in total. The fourth-order valence-corrected chi connectivity index (χ4v) is 8.14. The van der Waals surface area contributed by atoms with Crippen molar-refractivity contribution in [3.05, 3.63) is 87.1 Å². The number of hydrogen-bond acceptors (Lipinski definition) is 0. The van der Waals surface area contributed by atoms with Crippen LogP contribution in [0.15, 0.2) is 59.2 Å². The van der Waals surface area contributed by atoms with Gasteiger partial charge in [0.05, 0.1) is 0 Å². The molecular formula is C32H42. The maximum atomic E-state index is 4.78. The molecule has 0 heteroatoms. The summed E-state index contributed by atoms with van der Waals surface area (Å²) in [6, 6.07) is 2.43. The van der Waals surface area contributed by atoms with Gasteiger partial charge in [-0.1, -0.05) is 70.2 Å². The van der Waals surface area contributed by atoms with E-state index in [1.54, 1.807) is 5.56 Å². The van der Waals surface area contributed by atoms with E-state index in [4.69, 9.17) is 13.2 Å². The van der Waals surface area contributed by atoms with Gasteiger partial charge in [0.1, 0.15) is 0 Å². The van der Waals surface area contributed by atoms with Gasteiger partial charge in [-0.2, -0.15) is 0 Å². The molecular weight excluding hydrogens is 384 g/mol. The number of benzene rings is 1. The highest BCUT2D eigenvalue weighted by Gasteiger charge is 2.59. The Morgan fingerprint density at radius 2 is 1.66 bits per heavy atom. The van der Waals surface area contributed by atoms with E-state index in [-0.39, 0.29) is 16.2 Å². The molecule has 0 saturated heterocycles. The lowest BCUT2D eigenvalue weighted by atomic mass is 9.41. The number of allylic oxidation sites excluding steroid dienone is 7. The molecule has 4 rings (SSSR count). The highest BCUT2D eigenvalue weighted by atomic mass is 14.6. The Kier molecular flexibility index (Phi) is 5.02. The summed E-state index contributed by atoms with van der Waals surface area (Å²) in [6.07, 6.45) is 4.47. The van der Waals surface area contributed by atoms with Crippen molar-refractivity contribution in [2.75, 3.05) is 0 Å². The van der Waals surface area contributed by atoms with Crippen LogP contribution in [0.2, 0.25) is 0 Å². The van der Waals surface area contributed by atoms with E-state index in [2.05, 4.69) is 75.0 Å². The average molecular weight is 427 g/mol. The Morgan fingerprint density at radius 3 is 2.22 bits per heavy atom. The molecule has 1 aromatic carbocycles. The summed E-state index contributed by atoms with van der Waals surface area (Å²) >= 11 is 0. The third kappa shape index (κ3) is 2.68. The number of fused-ring (bicyclic) bond motifs is 3. The third-order valence-corrected chi connectivity index (χ3v) is 9.73. The van der Waals surface area contributed by atoms with Crippen LogP contribution in [0, 0.1) is 30.1 Å². The molecule has 170 valence electrons. The van der Waals surface area contributed by atoms with Crippen molar-refractivity contribution in [1.29, 1.82) is 0 Å². The molecule has 0 N–H and O–H groups in total. The SMILES string of the molecule is C=C(C)C1=C(C)C[C@@]2(C)C[C@@]3(C)Cc4c(CC)cc(C)c(C)c4C(=C)C3=C(C)[C@@]2(C)C1=C. The Balaban J connectivity index is 2.04. The second kappa shape index (κ2) is 6.96. The number of hydrogen-bond donors (Lipinski definition) is 0. The van der Waals surface area contributed by atoms with Gasteiger partial charge in [0.15, 0.2) is 0 Å². The second-order valence-corrected chi connectivity index (χ2v) is 11.9. The Hall–Kier alpha value is -2.08. The molecule has 0 heterocycles. The molecule has 0 aliphatic heterocycles. The topological polar surface area (TPSA) is 0 Å². The molecule has 0 aromatic heterocycles. The van der Waals surface area contributed by atoms with Crippen molar-refractivity contribution < 1.29 is 0 Å². The molecule has 1 aromatic rings. The first-order valence-corrected chi connectivity index (χ1v) is 12.3. The molecule has 0 bridgehead atoms. The Bertz CT molecular complexity index is 1160. The second-order valence-electron chi connectivity index (χ2n) is 11.9. The molecule has 3 aliphatic carbocycles. The summed E-state index contributed by atoms with van der Waals surface area (Å²) < 4.78 is 0. The van der Waals surface area contributed by atoms with E-state index in [0.29, 0.717) is 0 Å². The van der Waals surface area contributed by atoms with Gasteiger partial charge in [0, 0.05) is 5.41 Å². The van der Waals surface area contributed by atoms with Crippen molar-refractivity contribution in [3.63, 3.8) is 0 Å². The van der Waals surface area contributed by atoms with Crippen LogP contribution in [0.5, 0.6) is 0 Å². The van der Waals surface area contributed by atoms with E-state index < -0.39 is 0 Å². The van der Waals surface area contributed by atoms with Crippen LogP contribution in [0.4, 0.5) is 0 Å². The predicted octanol–water partition coefficient (Wildman–Crippen LogP) is 9.03. The maximum absolute atomic E-state index is 4.78. The molecule has 0 saturated carbocycles. The first kappa shape index (κ1) is 23.1. The van der Waals surface area contributed by atoms with Gasteiger partial charge >= 0.3 is 0 Å². The van der Waals surface area contributed by atoms with Gasteiger partial charge in [-0.3, -0.25) is 0 Å². The fraction of sp³-hybridized carbons (Fsp3) is 0.500. The minimum atomic E-state index is -0.0819. The highest BCUT2D eigenvalue weighted by Crippen LogP contribution is 2.70. The maximum Gasteiger partial charge on any atom is 0.0194 e. The van der Waals surface area contributed by atoms with E-state index in [1.165, 1.54) is 55.7 Å². The smallest absolute Gasteiger partial charge is 0.0194 e. The average Bonchev–Trinajstić information content (AvgIpc) is 2.66. The van der Waals surface area contributed by atoms with E-state index in [0.717, 1.165) is 31.3 Å². The predicted molar refractivity (Wildman–Crippen MR) is 141 cm³/mol. The summed E-state index contributed by atoms with van der Waals surface area (Å²) in [6.45, 7) is 35.0. The molecule has 32 heavy (non-hydrogen) atoms. The zero-order valence-electron chi connectivity index (χ0n) is 22.0. The van der Waals surface area contributed by atoms with Gasteiger partial charge in [0.2, 0.25) is 0 Å². The summed E-state index contributed by atoms with van der Waals surface area (Å²) in [5, 5.41) is 0. The van der Waals surface area contributed by atoms with Crippen LogP contribution < -0.4 is 0 Å². The minimum Gasteiger partial charge on any atom is -0.0955 e. The lowest BCUT2D eigenvalue weighted by Gasteiger charge is -2.62. The fourth-order valence-electron chi connectivity index (χ4n) is 8.14. The Labute approximate surface area is 196 Å². The van der Waals surface area contributed by atoms with Gasteiger partial charge in [-0.25, -0.2) is 0 Å². The summed E-state index contributed by atoms with van der Waals surface area (Å²) in [5.41, 5.74) is 16.9. The van der Waals surface area contributed by atoms with Gasteiger partial charge in [-0.05, 0) is 121 Å². The largest absolute Gasteiger partial charge is 0.0955 e. The van der Waals surface area contributed by atoms with Crippen LogP contribution >= 0.6 is 0 Å². The first-order valence-electron chi connectivity index (χ1n) is 12.3. The number of rotatable bonds is 2. The van der Waals surface area contributed by atoms with E-state index in [1.807, 2.05) is 0 Å². The lowest BCUT2D eigenvalue weighted by Crippen LogP contribution is -2.52. The molecule has 3 aliphatic rings. The quantitative estimate of drug-likeness (QED) is 0.442. The van der Waals surface area contributed by atoms with Crippen LogP contribution in [0.25, 0.3) is 5.57 Å². The van der Waals surface area contributed by atoms with Crippen molar-refractivity contribution in [2.45, 2.75) is 88.0 Å². The molecule has 0 amide bonds. The minimum absolute atomic E-state index is 0.0819. The van der Waals surface area contributed by atoms with E-state index >= 15 is 0 Å². The molecule has 0 fully saturated rings. The zero-order valence-corrected chi connectivity index (χ0v) is 22.0. The normalized spacial score (nSPS) is 32.0. The molecule has 0 radical (unpaired) electrons. The van der Waals surface area contributed by atoms with Crippen molar-refractivity contribution in [2.24, 2.45) is 16.2 Å². The highest BCUT2D eigenvalue weighted by molar-refractivity contribution is 5.87. The zero-order chi connectivity index (χ0) is 24.0. The van der Waals surface area contributed by atoms with Crippen LogP contribution in [-0.4, -0.2) is 0 Å². The third-order valence-electron chi connectivity index (χ3n) is 9.73. The van der Waals surface area contributed by atoms with Crippen molar-refractivity contribution >= 4 is 5.57 Å². The Morgan fingerprint density at radius 1 is 1.03 bits per heavy atom. The van der Waals surface area contributed by atoms with Crippen LogP contribution in [-0.2, 0) is 12.8 Å². The van der Waals surface area contributed by atoms with Crippen LogP contribution in [0.3, 0.4) is 0 Å². The molecule has 3 atom stereocenters. The summed E-state index contributed by atoms with van der Waals surface area (Å²) in [7, 11) is 0. The van der Waals surface area contributed by atoms with Crippen LogP contribution in [0.1, 0.15) is 89.1 Å². The van der Waals surface area contributed by atoms with Gasteiger partial charge < -0.3 is 0 Å². The van der Waals surface area contributed by atoms with Crippen molar-refractivity contribution in [3.8, 4) is 0 Å². The first-order chi connectivity index (χ1) is 14.7. The molecule has 0 spiro atoms.